The summed E-state index contributed by atoms with van der Waals surface area (Å²) < 4.78 is 44.9. The van der Waals surface area contributed by atoms with Crippen LogP contribution in [0.1, 0.15) is 35.1 Å². The lowest BCUT2D eigenvalue weighted by atomic mass is 10.0. The highest BCUT2D eigenvalue weighted by Crippen LogP contribution is 2.38. The average molecular weight is 565 g/mol. The molecule has 4 rings (SSSR count). The molecule has 1 aliphatic rings. The zero-order chi connectivity index (χ0) is 28.4. The topological polar surface area (TPSA) is 108 Å². The molecule has 0 fully saturated rings. The number of aliphatic carboxylic acids is 2. The van der Waals surface area contributed by atoms with Crippen molar-refractivity contribution in [3.63, 3.8) is 0 Å². The maximum atomic E-state index is 13.2. The number of hydrogen-bond acceptors (Lipinski definition) is 5. The minimum atomic E-state index is -4.47. The van der Waals surface area contributed by atoms with E-state index in [2.05, 4.69) is 16.7 Å². The molecule has 3 aromatic carbocycles. The number of ether oxygens (including phenoxy) is 1. The van der Waals surface area contributed by atoms with E-state index in [1.807, 2.05) is 18.2 Å². The number of fused-ring (bicyclic) bond motifs is 1. The van der Waals surface area contributed by atoms with Gasteiger partial charge in [0.05, 0.1) is 29.1 Å². The summed E-state index contributed by atoms with van der Waals surface area (Å²) in [7, 11) is 0. The minimum absolute atomic E-state index is 0.215. The number of rotatable bonds is 8. The van der Waals surface area contributed by atoms with Crippen molar-refractivity contribution in [3.8, 4) is 11.5 Å². The minimum Gasteiger partial charge on any atom is -0.481 e. The summed E-state index contributed by atoms with van der Waals surface area (Å²) in [5.74, 6) is -2.02. The van der Waals surface area contributed by atoms with Crippen molar-refractivity contribution in [2.45, 2.75) is 38.4 Å². The predicted molar refractivity (Wildman–Crippen MR) is 142 cm³/mol. The molecule has 11 heteroatoms. The standard InChI is InChI=1S/C24H22ClF3N2O.C4H6O4/c25-21-10-7-17-11-13-29-14-12-19(17)23(21)30-15-16-5-8-18(9-6-16)31-22-4-2-1-3-20(22)24(26,27)28;5-3(6)1-2-4(7)8/h1-10,29-30H,11-15H2;1-2H2,(H,5,6)(H,7,8). The maximum absolute atomic E-state index is 13.2. The van der Waals surface area contributed by atoms with Gasteiger partial charge in [-0.05, 0) is 73.0 Å². The quantitative estimate of drug-likeness (QED) is 0.251. The Labute approximate surface area is 228 Å². The first-order chi connectivity index (χ1) is 18.5. The van der Waals surface area contributed by atoms with Gasteiger partial charge in [-0.3, -0.25) is 9.59 Å². The van der Waals surface area contributed by atoms with Crippen LogP contribution in [0.3, 0.4) is 0 Å². The van der Waals surface area contributed by atoms with Crippen LogP contribution in [-0.2, 0) is 35.2 Å². The summed E-state index contributed by atoms with van der Waals surface area (Å²) in [6.45, 7) is 2.41. The summed E-state index contributed by atoms with van der Waals surface area (Å²) in [6, 6.07) is 16.2. The number of anilines is 1. The number of para-hydroxylation sites is 1. The SMILES string of the molecule is FC(F)(F)c1ccccc1Oc1ccc(CNc2c(Cl)ccc3c2CCNCC3)cc1.O=C(O)CCC(=O)O. The van der Waals surface area contributed by atoms with Crippen molar-refractivity contribution in [1.82, 2.24) is 5.32 Å². The van der Waals surface area contributed by atoms with E-state index < -0.39 is 23.7 Å². The van der Waals surface area contributed by atoms with E-state index in [-0.39, 0.29) is 18.6 Å². The van der Waals surface area contributed by atoms with Crippen LogP contribution in [0.5, 0.6) is 11.5 Å². The molecule has 0 atom stereocenters. The first-order valence-corrected chi connectivity index (χ1v) is 12.5. The van der Waals surface area contributed by atoms with Crippen LogP contribution in [0.4, 0.5) is 18.9 Å². The fourth-order valence-electron chi connectivity index (χ4n) is 3.93. The number of carboxylic acid groups (broad SMARTS) is 2. The van der Waals surface area contributed by atoms with Crippen LogP contribution in [0.25, 0.3) is 0 Å². The van der Waals surface area contributed by atoms with Crippen LogP contribution >= 0.6 is 11.6 Å². The average Bonchev–Trinajstić information content (AvgIpc) is 3.14. The van der Waals surface area contributed by atoms with E-state index in [0.29, 0.717) is 17.3 Å². The van der Waals surface area contributed by atoms with Gasteiger partial charge >= 0.3 is 18.1 Å². The Morgan fingerprint density at radius 3 is 2.21 bits per heavy atom. The lowest BCUT2D eigenvalue weighted by Crippen LogP contribution is -2.16. The molecule has 0 radical (unpaired) electrons. The Kier molecular flexibility index (Phi) is 10.6. The van der Waals surface area contributed by atoms with Crippen molar-refractivity contribution in [2.75, 3.05) is 18.4 Å². The molecule has 4 N–H and O–H groups in total. The van der Waals surface area contributed by atoms with Crippen molar-refractivity contribution < 1.29 is 37.7 Å². The first kappa shape index (κ1) is 29.8. The smallest absolute Gasteiger partial charge is 0.419 e. The summed E-state index contributed by atoms with van der Waals surface area (Å²) in [5.41, 5.74) is 3.65. The number of carbonyl (C=O) groups is 2. The number of halogens is 4. The van der Waals surface area contributed by atoms with Crippen LogP contribution in [0, 0.1) is 0 Å². The van der Waals surface area contributed by atoms with Crippen LogP contribution in [0.2, 0.25) is 5.02 Å². The largest absolute Gasteiger partial charge is 0.481 e. The second-order valence-electron chi connectivity index (χ2n) is 8.69. The zero-order valence-electron chi connectivity index (χ0n) is 20.9. The van der Waals surface area contributed by atoms with E-state index in [4.69, 9.17) is 26.6 Å². The molecule has 0 unspecified atom stereocenters. The number of benzene rings is 3. The van der Waals surface area contributed by atoms with Gasteiger partial charge in [0.2, 0.25) is 0 Å². The molecular weight excluding hydrogens is 537 g/mol. The molecule has 1 heterocycles. The highest BCUT2D eigenvalue weighted by Gasteiger charge is 2.34. The number of alkyl halides is 3. The molecule has 208 valence electrons. The third kappa shape index (κ3) is 9.19. The lowest BCUT2D eigenvalue weighted by molar-refractivity contribution is -0.143. The second kappa shape index (κ2) is 13.9. The molecule has 0 spiro atoms. The van der Waals surface area contributed by atoms with Gasteiger partial charge in [-0.25, -0.2) is 0 Å². The van der Waals surface area contributed by atoms with Gasteiger partial charge in [0.15, 0.2) is 0 Å². The third-order valence-corrected chi connectivity index (χ3v) is 6.16. The van der Waals surface area contributed by atoms with E-state index in [9.17, 15) is 22.8 Å². The Hall–Kier alpha value is -3.76. The molecule has 0 amide bonds. The van der Waals surface area contributed by atoms with Crippen LogP contribution < -0.4 is 15.4 Å². The van der Waals surface area contributed by atoms with Gasteiger partial charge in [0.1, 0.15) is 11.5 Å². The fourth-order valence-corrected chi connectivity index (χ4v) is 4.18. The Bertz CT molecular complexity index is 1270. The predicted octanol–water partition coefficient (Wildman–Crippen LogP) is 6.39. The zero-order valence-corrected chi connectivity index (χ0v) is 21.6. The van der Waals surface area contributed by atoms with Gasteiger partial charge in [0, 0.05) is 6.54 Å². The van der Waals surface area contributed by atoms with Gasteiger partial charge in [-0.2, -0.15) is 13.2 Å². The Balaban J connectivity index is 0.000000459. The molecule has 1 aliphatic heterocycles. The van der Waals surface area contributed by atoms with Gasteiger partial charge in [-0.1, -0.05) is 41.9 Å². The molecule has 3 aromatic rings. The monoisotopic (exact) mass is 564 g/mol. The van der Waals surface area contributed by atoms with Gasteiger partial charge < -0.3 is 25.6 Å². The summed E-state index contributed by atoms with van der Waals surface area (Å²) in [4.78, 5) is 19.3. The molecule has 0 aromatic heterocycles. The molecule has 39 heavy (non-hydrogen) atoms. The summed E-state index contributed by atoms with van der Waals surface area (Å²) >= 11 is 6.45. The Morgan fingerprint density at radius 2 is 1.56 bits per heavy atom. The highest BCUT2D eigenvalue weighted by atomic mass is 35.5. The number of nitrogens with one attached hydrogen (secondary N) is 2. The molecule has 0 saturated heterocycles. The van der Waals surface area contributed by atoms with Crippen molar-refractivity contribution >= 4 is 29.2 Å². The van der Waals surface area contributed by atoms with E-state index in [1.165, 1.54) is 29.3 Å². The van der Waals surface area contributed by atoms with Crippen molar-refractivity contribution in [3.05, 3.63) is 87.9 Å². The molecular formula is C28H28ClF3N2O5. The van der Waals surface area contributed by atoms with Gasteiger partial charge in [-0.15, -0.1) is 0 Å². The van der Waals surface area contributed by atoms with Gasteiger partial charge in [0.25, 0.3) is 0 Å². The molecule has 0 aliphatic carbocycles. The highest BCUT2D eigenvalue weighted by molar-refractivity contribution is 6.33. The van der Waals surface area contributed by atoms with Crippen LogP contribution in [0.15, 0.2) is 60.7 Å². The van der Waals surface area contributed by atoms with E-state index in [0.717, 1.165) is 43.2 Å². The van der Waals surface area contributed by atoms with Crippen molar-refractivity contribution in [1.29, 1.82) is 0 Å². The van der Waals surface area contributed by atoms with Crippen molar-refractivity contribution in [2.24, 2.45) is 0 Å². The lowest BCUT2D eigenvalue weighted by Gasteiger charge is -2.17. The molecule has 0 saturated carbocycles. The van der Waals surface area contributed by atoms with Crippen LogP contribution in [-0.4, -0.2) is 35.2 Å². The molecule has 0 bridgehead atoms. The third-order valence-electron chi connectivity index (χ3n) is 5.85. The summed E-state index contributed by atoms with van der Waals surface area (Å²) in [6.07, 6.45) is -3.19. The Morgan fingerprint density at radius 1 is 0.923 bits per heavy atom. The second-order valence-corrected chi connectivity index (χ2v) is 9.10. The first-order valence-electron chi connectivity index (χ1n) is 12.2. The van der Waals surface area contributed by atoms with E-state index >= 15 is 0 Å². The summed E-state index contributed by atoms with van der Waals surface area (Å²) in [5, 5.41) is 23.3. The number of hydrogen-bond donors (Lipinski definition) is 4. The number of carboxylic acids is 2. The fraction of sp³-hybridized carbons (Fsp3) is 0.286. The molecule has 7 nitrogen and oxygen atoms in total. The maximum Gasteiger partial charge on any atom is 0.419 e. The van der Waals surface area contributed by atoms with E-state index in [1.54, 1.807) is 12.1 Å². The normalized spacial score (nSPS) is 12.8.